The van der Waals surface area contributed by atoms with Crippen molar-refractivity contribution in [2.24, 2.45) is 0 Å². The van der Waals surface area contributed by atoms with E-state index in [0.29, 0.717) is 6.10 Å². The number of ether oxygens (including phenoxy) is 1. The minimum absolute atomic E-state index is 0.295. The molecule has 0 aromatic heterocycles. The van der Waals surface area contributed by atoms with E-state index in [-0.39, 0.29) is 0 Å². The van der Waals surface area contributed by atoms with Crippen molar-refractivity contribution >= 4 is 47.8 Å². The molecule has 4 heteroatoms. The van der Waals surface area contributed by atoms with Crippen molar-refractivity contribution in [1.29, 1.82) is 0 Å². The zero-order chi connectivity index (χ0) is 8.72. The average Bonchev–Trinajstić information content (AvgIpc) is 2.84. The quantitative estimate of drug-likeness (QED) is 0.546. The lowest BCUT2D eigenvalue weighted by atomic mass is 10.2. The highest BCUT2D eigenvalue weighted by atomic mass is 79.9. The molecule has 1 atom stereocenters. The lowest BCUT2D eigenvalue weighted by Crippen LogP contribution is -1.84. The Morgan fingerprint density at radius 2 is 1.83 bits per heavy atom. The van der Waals surface area contributed by atoms with Crippen molar-refractivity contribution in [3.63, 3.8) is 0 Å². The Hall–Kier alpha value is 0.620. The van der Waals surface area contributed by atoms with Gasteiger partial charge in [-0.15, -0.1) is 0 Å². The summed E-state index contributed by atoms with van der Waals surface area (Å²) in [6.07, 6.45) is 0.295. The molecule has 64 valence electrons. The summed E-state index contributed by atoms with van der Waals surface area (Å²) in [5.74, 6) is 0. The maximum absolute atomic E-state index is 5.20. The molecule has 0 spiro atoms. The first-order valence-electron chi connectivity index (χ1n) is 3.45. The van der Waals surface area contributed by atoms with Gasteiger partial charge in [0.1, 0.15) is 6.10 Å². The van der Waals surface area contributed by atoms with Crippen LogP contribution in [0.25, 0.3) is 0 Å². The Kier molecular flexibility index (Phi) is 2.61. The first-order valence-corrected chi connectivity index (χ1v) is 5.83. The second-order valence-electron chi connectivity index (χ2n) is 2.59. The first-order chi connectivity index (χ1) is 5.70. The van der Waals surface area contributed by atoms with Crippen LogP contribution in [0.1, 0.15) is 11.7 Å². The molecule has 1 aromatic rings. The first kappa shape index (κ1) is 9.19. The van der Waals surface area contributed by atoms with Crippen LogP contribution in [0.5, 0.6) is 0 Å². The van der Waals surface area contributed by atoms with Gasteiger partial charge in [0, 0.05) is 13.4 Å². The molecular formula is C8H5Br3O. The van der Waals surface area contributed by atoms with Gasteiger partial charge < -0.3 is 4.74 Å². The monoisotopic (exact) mass is 354 g/mol. The van der Waals surface area contributed by atoms with Gasteiger partial charge in [-0.1, -0.05) is 6.07 Å². The average molecular weight is 357 g/mol. The summed E-state index contributed by atoms with van der Waals surface area (Å²) < 4.78 is 8.39. The molecule has 1 aliphatic rings. The van der Waals surface area contributed by atoms with Gasteiger partial charge in [-0.25, -0.2) is 0 Å². The third-order valence-corrected chi connectivity index (χ3v) is 5.15. The van der Waals surface area contributed by atoms with Crippen LogP contribution >= 0.6 is 47.8 Å². The SMILES string of the molecule is Brc1ccc(C2CO2)c(Br)c1Br. The van der Waals surface area contributed by atoms with E-state index in [1.165, 1.54) is 5.56 Å². The fraction of sp³-hybridized carbons (Fsp3) is 0.250. The lowest BCUT2D eigenvalue weighted by molar-refractivity contribution is 0.415. The number of rotatable bonds is 1. The maximum Gasteiger partial charge on any atom is 0.107 e. The van der Waals surface area contributed by atoms with Gasteiger partial charge in [-0.2, -0.15) is 0 Å². The van der Waals surface area contributed by atoms with E-state index < -0.39 is 0 Å². The zero-order valence-corrected chi connectivity index (χ0v) is 10.7. The number of benzene rings is 1. The molecule has 0 N–H and O–H groups in total. The molecular weight excluding hydrogens is 352 g/mol. The van der Waals surface area contributed by atoms with Gasteiger partial charge in [0.15, 0.2) is 0 Å². The zero-order valence-electron chi connectivity index (χ0n) is 5.98. The van der Waals surface area contributed by atoms with Crippen LogP contribution in [0.3, 0.4) is 0 Å². The molecule has 12 heavy (non-hydrogen) atoms. The van der Waals surface area contributed by atoms with Crippen molar-refractivity contribution in [2.75, 3.05) is 6.61 Å². The molecule has 2 rings (SSSR count). The second-order valence-corrected chi connectivity index (χ2v) is 5.03. The summed E-state index contributed by atoms with van der Waals surface area (Å²) in [6, 6.07) is 4.09. The van der Waals surface area contributed by atoms with Gasteiger partial charge in [0.2, 0.25) is 0 Å². The van der Waals surface area contributed by atoms with Crippen LogP contribution in [-0.2, 0) is 4.74 Å². The van der Waals surface area contributed by atoms with E-state index in [2.05, 4.69) is 53.9 Å². The molecule has 1 saturated heterocycles. The standard InChI is InChI=1S/C8H5Br3O/c9-5-2-1-4(6-3-12-6)7(10)8(5)11/h1-2,6H,3H2. The van der Waals surface area contributed by atoms with Gasteiger partial charge in [-0.3, -0.25) is 0 Å². The van der Waals surface area contributed by atoms with Gasteiger partial charge in [-0.05, 0) is 59.4 Å². The summed E-state index contributed by atoms with van der Waals surface area (Å²) in [5, 5.41) is 0. The number of epoxide rings is 1. The molecule has 1 fully saturated rings. The minimum atomic E-state index is 0.295. The molecule has 0 bridgehead atoms. The molecule has 1 unspecified atom stereocenters. The van der Waals surface area contributed by atoms with Crippen LogP contribution in [0, 0.1) is 0 Å². The van der Waals surface area contributed by atoms with Gasteiger partial charge in [0.25, 0.3) is 0 Å². The van der Waals surface area contributed by atoms with Crippen LogP contribution in [0.2, 0.25) is 0 Å². The van der Waals surface area contributed by atoms with Crippen LogP contribution in [-0.4, -0.2) is 6.61 Å². The normalized spacial score (nSPS) is 21.1. The third kappa shape index (κ3) is 1.62. The summed E-state index contributed by atoms with van der Waals surface area (Å²) in [7, 11) is 0. The molecule has 1 heterocycles. The van der Waals surface area contributed by atoms with Crippen molar-refractivity contribution in [1.82, 2.24) is 0 Å². The lowest BCUT2D eigenvalue weighted by Gasteiger charge is -2.04. The summed E-state index contributed by atoms with van der Waals surface area (Å²) in [6.45, 7) is 0.840. The summed E-state index contributed by atoms with van der Waals surface area (Å²) in [5.41, 5.74) is 1.21. The molecule has 0 aliphatic carbocycles. The Bertz CT molecular complexity index is 320. The van der Waals surface area contributed by atoms with Crippen LogP contribution in [0.15, 0.2) is 25.6 Å². The molecule has 0 radical (unpaired) electrons. The fourth-order valence-corrected chi connectivity index (χ4v) is 2.58. The summed E-state index contributed by atoms with van der Waals surface area (Å²) >= 11 is 10.4. The van der Waals surface area contributed by atoms with E-state index >= 15 is 0 Å². The highest BCUT2D eigenvalue weighted by molar-refractivity contribution is 9.14. The Morgan fingerprint density at radius 1 is 1.17 bits per heavy atom. The molecule has 0 amide bonds. The van der Waals surface area contributed by atoms with E-state index in [1.54, 1.807) is 0 Å². The van der Waals surface area contributed by atoms with Crippen molar-refractivity contribution in [2.45, 2.75) is 6.10 Å². The van der Waals surface area contributed by atoms with Crippen molar-refractivity contribution in [3.05, 3.63) is 31.1 Å². The van der Waals surface area contributed by atoms with Crippen molar-refractivity contribution < 1.29 is 4.74 Å². The Morgan fingerprint density at radius 3 is 2.42 bits per heavy atom. The largest absolute Gasteiger partial charge is 0.368 e. The highest BCUT2D eigenvalue weighted by Gasteiger charge is 2.27. The maximum atomic E-state index is 5.20. The van der Waals surface area contributed by atoms with Crippen LogP contribution in [0.4, 0.5) is 0 Å². The fourth-order valence-electron chi connectivity index (χ4n) is 1.02. The number of hydrogen-bond acceptors (Lipinski definition) is 1. The number of halogens is 3. The van der Waals surface area contributed by atoms with E-state index in [0.717, 1.165) is 20.0 Å². The van der Waals surface area contributed by atoms with Crippen molar-refractivity contribution in [3.8, 4) is 0 Å². The van der Waals surface area contributed by atoms with E-state index in [1.807, 2.05) is 6.07 Å². The van der Waals surface area contributed by atoms with E-state index in [4.69, 9.17) is 4.74 Å². The molecule has 0 saturated carbocycles. The third-order valence-electron chi connectivity index (χ3n) is 1.75. The molecule has 1 nitrogen and oxygen atoms in total. The minimum Gasteiger partial charge on any atom is -0.368 e. The molecule has 1 aliphatic heterocycles. The second kappa shape index (κ2) is 3.40. The Balaban J connectivity index is 2.49. The predicted molar refractivity (Wildman–Crippen MR) is 58.2 cm³/mol. The predicted octanol–water partition coefficient (Wildman–Crippen LogP) is 4.05. The number of hydrogen-bond donors (Lipinski definition) is 0. The molecule has 1 aromatic carbocycles. The Labute approximate surface area is 95.9 Å². The highest BCUT2D eigenvalue weighted by Crippen LogP contribution is 2.41. The van der Waals surface area contributed by atoms with Gasteiger partial charge >= 0.3 is 0 Å². The topological polar surface area (TPSA) is 12.5 Å². The van der Waals surface area contributed by atoms with E-state index in [9.17, 15) is 0 Å². The smallest absolute Gasteiger partial charge is 0.107 e. The van der Waals surface area contributed by atoms with Crippen LogP contribution < -0.4 is 0 Å². The summed E-state index contributed by atoms with van der Waals surface area (Å²) in [4.78, 5) is 0. The van der Waals surface area contributed by atoms with Gasteiger partial charge in [0.05, 0.1) is 6.61 Å².